The van der Waals surface area contributed by atoms with E-state index in [1.807, 2.05) is 18.2 Å². The Bertz CT molecular complexity index is 429. The van der Waals surface area contributed by atoms with Gasteiger partial charge in [0, 0.05) is 17.3 Å². The van der Waals surface area contributed by atoms with Crippen LogP contribution in [-0.2, 0) is 0 Å². The Morgan fingerprint density at radius 1 is 1.50 bits per heavy atom. The fourth-order valence-electron chi connectivity index (χ4n) is 2.08. The molecule has 1 aliphatic rings. The van der Waals surface area contributed by atoms with E-state index >= 15 is 0 Å². The highest BCUT2D eigenvalue weighted by molar-refractivity contribution is 5.58. The number of benzene rings is 1. The van der Waals surface area contributed by atoms with E-state index in [1.165, 1.54) is 6.42 Å². The van der Waals surface area contributed by atoms with Gasteiger partial charge in [-0.2, -0.15) is 0 Å². The first-order valence-corrected chi connectivity index (χ1v) is 5.71. The third-order valence-corrected chi connectivity index (χ3v) is 3.36. The fraction of sp³-hybridized carbons (Fsp3) is 0.333. The Hall–Kier alpha value is -1.50. The zero-order valence-electron chi connectivity index (χ0n) is 10.1. The van der Waals surface area contributed by atoms with Crippen LogP contribution in [0.5, 0.6) is 0 Å². The van der Waals surface area contributed by atoms with Gasteiger partial charge in [0.2, 0.25) is 0 Å². The molecule has 1 nitrogen and oxygen atoms in total. The summed E-state index contributed by atoms with van der Waals surface area (Å²) in [6.45, 7) is 12.5. The van der Waals surface area contributed by atoms with E-state index in [0.717, 1.165) is 16.9 Å². The Labute approximate surface area is 97.9 Å². The van der Waals surface area contributed by atoms with Crippen molar-refractivity contribution in [1.82, 2.24) is 0 Å². The summed E-state index contributed by atoms with van der Waals surface area (Å²) >= 11 is 0. The lowest BCUT2D eigenvalue weighted by atomic mass is 10.1. The van der Waals surface area contributed by atoms with Gasteiger partial charge in [0.15, 0.2) is 0 Å². The number of hydrogen-bond donors (Lipinski definition) is 1. The topological polar surface area (TPSA) is 12.0 Å². The van der Waals surface area contributed by atoms with E-state index in [9.17, 15) is 0 Å². The number of rotatable bonds is 4. The van der Waals surface area contributed by atoms with Crippen LogP contribution in [0.15, 0.2) is 43.1 Å². The number of hydrogen-bond acceptors (Lipinski definition) is 1. The largest absolute Gasteiger partial charge is 0.359 e. The lowest BCUT2D eigenvalue weighted by Gasteiger charge is -2.11. The predicted molar refractivity (Wildman–Crippen MR) is 71.2 cm³/mol. The molecule has 0 aliphatic heterocycles. The number of nitrogens with one attached hydrogen (secondary N) is 1. The van der Waals surface area contributed by atoms with E-state index in [1.54, 1.807) is 0 Å². The molecular formula is C15H19N. The minimum Gasteiger partial charge on any atom is -0.359 e. The van der Waals surface area contributed by atoms with Crippen LogP contribution in [0.4, 0.5) is 5.69 Å². The Morgan fingerprint density at radius 3 is 2.75 bits per heavy atom. The maximum atomic E-state index is 4.13. The summed E-state index contributed by atoms with van der Waals surface area (Å²) in [5, 5.41) is 3.39. The molecule has 1 atom stereocenters. The van der Waals surface area contributed by atoms with Crippen molar-refractivity contribution in [2.75, 3.05) is 5.32 Å². The summed E-state index contributed by atoms with van der Waals surface area (Å²) in [6, 6.07) is 8.23. The molecule has 1 unspecified atom stereocenters. The van der Waals surface area contributed by atoms with Crippen LogP contribution in [0.2, 0.25) is 0 Å². The second-order valence-corrected chi connectivity index (χ2v) is 5.23. The van der Waals surface area contributed by atoms with Crippen LogP contribution in [0.25, 0.3) is 6.08 Å². The molecule has 0 radical (unpaired) electrons. The van der Waals surface area contributed by atoms with Gasteiger partial charge in [0.05, 0.1) is 0 Å². The molecule has 84 valence electrons. The molecule has 2 rings (SSSR count). The molecule has 0 spiro atoms. The highest BCUT2D eigenvalue weighted by atomic mass is 14.9. The average molecular weight is 213 g/mol. The third-order valence-electron chi connectivity index (χ3n) is 3.36. The van der Waals surface area contributed by atoms with Crippen LogP contribution in [0, 0.1) is 11.3 Å². The molecule has 1 saturated carbocycles. The summed E-state index contributed by atoms with van der Waals surface area (Å²) in [5.41, 5.74) is 3.80. The van der Waals surface area contributed by atoms with E-state index in [2.05, 4.69) is 44.5 Å². The van der Waals surface area contributed by atoms with Gasteiger partial charge in [-0.05, 0) is 29.5 Å². The second kappa shape index (κ2) is 3.82. The fourth-order valence-corrected chi connectivity index (χ4v) is 2.08. The van der Waals surface area contributed by atoms with Crippen molar-refractivity contribution in [3.63, 3.8) is 0 Å². The summed E-state index contributed by atoms with van der Waals surface area (Å²) < 4.78 is 0. The SMILES string of the molecule is C=Cc1cccc(NC(=C)C2CC2(C)C)c1. The normalized spacial score (nSPS) is 21.2. The van der Waals surface area contributed by atoms with Gasteiger partial charge in [-0.15, -0.1) is 0 Å². The van der Waals surface area contributed by atoms with Crippen LogP contribution < -0.4 is 5.32 Å². The van der Waals surface area contributed by atoms with Gasteiger partial charge in [-0.25, -0.2) is 0 Å². The Balaban J connectivity index is 2.04. The molecule has 1 N–H and O–H groups in total. The average Bonchev–Trinajstić information content (AvgIpc) is 2.88. The molecule has 1 aromatic carbocycles. The smallest absolute Gasteiger partial charge is 0.0387 e. The highest BCUT2D eigenvalue weighted by Gasteiger charge is 2.47. The number of anilines is 1. The lowest BCUT2D eigenvalue weighted by molar-refractivity contribution is 0.599. The van der Waals surface area contributed by atoms with E-state index < -0.39 is 0 Å². The first-order chi connectivity index (χ1) is 7.53. The van der Waals surface area contributed by atoms with Crippen LogP contribution >= 0.6 is 0 Å². The first-order valence-electron chi connectivity index (χ1n) is 5.71. The monoisotopic (exact) mass is 213 g/mol. The van der Waals surface area contributed by atoms with Crippen molar-refractivity contribution < 1.29 is 0 Å². The second-order valence-electron chi connectivity index (χ2n) is 5.23. The molecule has 1 heteroatoms. The van der Waals surface area contributed by atoms with Gasteiger partial charge >= 0.3 is 0 Å². The van der Waals surface area contributed by atoms with Crippen molar-refractivity contribution in [2.24, 2.45) is 11.3 Å². The number of allylic oxidation sites excluding steroid dienone is 1. The molecule has 0 amide bonds. The molecule has 1 fully saturated rings. The maximum Gasteiger partial charge on any atom is 0.0387 e. The third kappa shape index (κ3) is 2.19. The Kier molecular flexibility index (Phi) is 2.63. The molecule has 0 heterocycles. The van der Waals surface area contributed by atoms with Crippen molar-refractivity contribution in [3.8, 4) is 0 Å². The van der Waals surface area contributed by atoms with Gasteiger partial charge in [-0.3, -0.25) is 0 Å². The van der Waals surface area contributed by atoms with Gasteiger partial charge in [0.25, 0.3) is 0 Å². The Morgan fingerprint density at radius 2 is 2.19 bits per heavy atom. The quantitative estimate of drug-likeness (QED) is 0.786. The summed E-state index contributed by atoms with van der Waals surface area (Å²) in [7, 11) is 0. The van der Waals surface area contributed by atoms with Gasteiger partial charge in [0.1, 0.15) is 0 Å². The molecule has 0 bridgehead atoms. The van der Waals surface area contributed by atoms with Crippen molar-refractivity contribution in [3.05, 3.63) is 48.7 Å². The zero-order valence-corrected chi connectivity index (χ0v) is 10.1. The molecule has 0 aromatic heterocycles. The van der Waals surface area contributed by atoms with Crippen molar-refractivity contribution in [2.45, 2.75) is 20.3 Å². The molecule has 0 saturated heterocycles. The molecule has 16 heavy (non-hydrogen) atoms. The van der Waals surface area contributed by atoms with E-state index in [0.29, 0.717) is 11.3 Å². The van der Waals surface area contributed by atoms with E-state index in [-0.39, 0.29) is 0 Å². The van der Waals surface area contributed by atoms with Crippen molar-refractivity contribution >= 4 is 11.8 Å². The van der Waals surface area contributed by atoms with Crippen LogP contribution in [0.3, 0.4) is 0 Å². The summed E-state index contributed by atoms with van der Waals surface area (Å²) in [6.07, 6.45) is 3.09. The van der Waals surface area contributed by atoms with E-state index in [4.69, 9.17) is 0 Å². The zero-order chi connectivity index (χ0) is 11.8. The first kappa shape index (κ1) is 11.0. The minimum absolute atomic E-state index is 0.431. The summed E-state index contributed by atoms with van der Waals surface area (Å²) in [5.74, 6) is 0.611. The lowest BCUT2D eigenvalue weighted by Crippen LogP contribution is -2.03. The molecular weight excluding hydrogens is 194 g/mol. The summed E-state index contributed by atoms with van der Waals surface area (Å²) in [4.78, 5) is 0. The molecule has 1 aliphatic carbocycles. The van der Waals surface area contributed by atoms with Crippen LogP contribution in [0.1, 0.15) is 25.8 Å². The van der Waals surface area contributed by atoms with Gasteiger partial charge in [-0.1, -0.05) is 45.2 Å². The molecule has 1 aromatic rings. The van der Waals surface area contributed by atoms with Crippen LogP contribution in [-0.4, -0.2) is 0 Å². The van der Waals surface area contributed by atoms with Gasteiger partial charge < -0.3 is 5.32 Å². The predicted octanol–water partition coefficient (Wildman–Crippen LogP) is 4.30. The standard InChI is InChI=1S/C15H19N/c1-5-12-7-6-8-13(9-12)16-11(2)14-10-15(14,3)4/h5-9,14,16H,1-2,10H2,3-4H3. The van der Waals surface area contributed by atoms with Crippen molar-refractivity contribution in [1.29, 1.82) is 0 Å². The minimum atomic E-state index is 0.431. The highest BCUT2D eigenvalue weighted by Crippen LogP contribution is 2.55. The maximum absolute atomic E-state index is 4.13.